The van der Waals surface area contributed by atoms with Gasteiger partial charge in [0.15, 0.2) is 5.78 Å². The summed E-state index contributed by atoms with van der Waals surface area (Å²) in [6.07, 6.45) is 3.15. The molecule has 0 unspecified atom stereocenters. The number of ketones is 1. The summed E-state index contributed by atoms with van der Waals surface area (Å²) in [5.74, 6) is 0.00708. The Labute approximate surface area is 93.7 Å². The third-order valence-corrected chi connectivity index (χ3v) is 2.11. The van der Waals surface area contributed by atoms with Crippen molar-refractivity contribution in [2.24, 2.45) is 5.92 Å². The van der Waals surface area contributed by atoms with E-state index in [4.69, 9.17) is 0 Å². The number of hydrogen-bond donors (Lipinski definition) is 0. The Balaban J connectivity index is 2.76. The minimum absolute atomic E-state index is 0.0331. The Morgan fingerprint density at radius 3 is 2.31 bits per heavy atom. The molecule has 4 nitrogen and oxygen atoms in total. The van der Waals surface area contributed by atoms with E-state index in [1.807, 2.05) is 13.8 Å². The van der Waals surface area contributed by atoms with Crippen LogP contribution in [-0.4, -0.2) is 10.7 Å². The molecule has 0 saturated heterocycles. The van der Waals surface area contributed by atoms with Crippen molar-refractivity contribution in [2.45, 2.75) is 13.8 Å². The van der Waals surface area contributed by atoms with Crippen molar-refractivity contribution in [3.05, 3.63) is 46.0 Å². The maximum absolute atomic E-state index is 11.3. The second-order valence-electron chi connectivity index (χ2n) is 3.74. The van der Waals surface area contributed by atoms with Crippen LogP contribution < -0.4 is 0 Å². The second kappa shape index (κ2) is 5.21. The van der Waals surface area contributed by atoms with E-state index >= 15 is 0 Å². The van der Waals surface area contributed by atoms with Crippen LogP contribution in [0, 0.1) is 16.0 Å². The number of hydrogen-bond acceptors (Lipinski definition) is 3. The fourth-order valence-corrected chi connectivity index (χ4v) is 1.08. The van der Waals surface area contributed by atoms with E-state index in [-0.39, 0.29) is 17.4 Å². The first-order valence-electron chi connectivity index (χ1n) is 4.97. The van der Waals surface area contributed by atoms with Crippen molar-refractivity contribution in [3.63, 3.8) is 0 Å². The molecule has 0 aliphatic carbocycles. The van der Waals surface area contributed by atoms with Crippen LogP contribution >= 0.6 is 0 Å². The van der Waals surface area contributed by atoms with E-state index < -0.39 is 4.92 Å². The average molecular weight is 219 g/mol. The Morgan fingerprint density at radius 1 is 1.31 bits per heavy atom. The lowest BCUT2D eigenvalue weighted by Crippen LogP contribution is -2.01. The highest BCUT2D eigenvalue weighted by Crippen LogP contribution is 2.13. The molecule has 4 heteroatoms. The molecule has 0 aliphatic rings. The minimum atomic E-state index is -0.452. The van der Waals surface area contributed by atoms with Crippen LogP contribution in [-0.2, 0) is 4.79 Å². The molecule has 0 aliphatic heterocycles. The van der Waals surface area contributed by atoms with Crippen LogP contribution in [0.3, 0.4) is 0 Å². The zero-order valence-electron chi connectivity index (χ0n) is 9.21. The molecule has 0 amide bonds. The Morgan fingerprint density at radius 2 is 1.88 bits per heavy atom. The molecule has 16 heavy (non-hydrogen) atoms. The number of benzene rings is 1. The number of carbonyl (C=O) groups is 1. The van der Waals surface area contributed by atoms with Gasteiger partial charge < -0.3 is 0 Å². The van der Waals surface area contributed by atoms with Gasteiger partial charge in [-0.25, -0.2) is 0 Å². The van der Waals surface area contributed by atoms with Crippen molar-refractivity contribution in [1.82, 2.24) is 0 Å². The maximum Gasteiger partial charge on any atom is 0.269 e. The van der Waals surface area contributed by atoms with Crippen LogP contribution in [0.2, 0.25) is 0 Å². The van der Waals surface area contributed by atoms with E-state index in [0.29, 0.717) is 0 Å². The van der Waals surface area contributed by atoms with Gasteiger partial charge in [0, 0.05) is 18.1 Å². The lowest BCUT2D eigenvalue weighted by Gasteiger charge is -1.97. The van der Waals surface area contributed by atoms with Crippen molar-refractivity contribution in [3.8, 4) is 0 Å². The molecule has 0 heterocycles. The van der Waals surface area contributed by atoms with Crippen molar-refractivity contribution >= 4 is 17.5 Å². The molecule has 0 bridgehead atoms. The summed E-state index contributed by atoms with van der Waals surface area (Å²) in [5, 5.41) is 10.4. The van der Waals surface area contributed by atoms with E-state index in [1.54, 1.807) is 18.2 Å². The number of nitro benzene ring substituents is 1. The van der Waals surface area contributed by atoms with Crippen LogP contribution in [0.15, 0.2) is 30.3 Å². The molecule has 1 aromatic rings. The predicted molar refractivity (Wildman–Crippen MR) is 62.0 cm³/mol. The van der Waals surface area contributed by atoms with Gasteiger partial charge in [-0.15, -0.1) is 0 Å². The summed E-state index contributed by atoms with van der Waals surface area (Å²) in [6.45, 7) is 3.64. The summed E-state index contributed by atoms with van der Waals surface area (Å²) >= 11 is 0. The third kappa shape index (κ3) is 3.31. The third-order valence-electron chi connectivity index (χ3n) is 2.11. The minimum Gasteiger partial charge on any atom is -0.295 e. The normalized spacial score (nSPS) is 10.9. The monoisotopic (exact) mass is 219 g/mol. The largest absolute Gasteiger partial charge is 0.295 e. The number of carbonyl (C=O) groups excluding carboxylic acids is 1. The predicted octanol–water partition coefficient (Wildman–Crippen LogP) is 2.83. The zero-order valence-corrected chi connectivity index (χ0v) is 9.21. The Kier molecular flexibility index (Phi) is 3.94. The fraction of sp³-hybridized carbons (Fsp3) is 0.250. The van der Waals surface area contributed by atoms with E-state index in [2.05, 4.69) is 0 Å². The first-order valence-corrected chi connectivity index (χ1v) is 4.97. The highest BCUT2D eigenvalue weighted by molar-refractivity contribution is 5.94. The van der Waals surface area contributed by atoms with Crippen molar-refractivity contribution in [1.29, 1.82) is 0 Å². The molecular formula is C12H13NO3. The average Bonchev–Trinajstić information content (AvgIpc) is 2.26. The first kappa shape index (κ1) is 12.1. The van der Waals surface area contributed by atoms with Gasteiger partial charge in [-0.05, 0) is 23.8 Å². The van der Waals surface area contributed by atoms with Crippen LogP contribution in [0.5, 0.6) is 0 Å². The number of nitro groups is 1. The Bertz CT molecular complexity index is 418. The molecule has 1 aromatic carbocycles. The lowest BCUT2D eigenvalue weighted by molar-refractivity contribution is -0.384. The molecule has 1 rings (SSSR count). The number of rotatable bonds is 4. The van der Waals surface area contributed by atoms with E-state index in [9.17, 15) is 14.9 Å². The topological polar surface area (TPSA) is 60.2 Å². The summed E-state index contributed by atoms with van der Waals surface area (Å²) in [5.41, 5.74) is 0.826. The molecule has 0 atom stereocenters. The van der Waals surface area contributed by atoms with Crippen LogP contribution in [0.1, 0.15) is 19.4 Å². The van der Waals surface area contributed by atoms with Gasteiger partial charge >= 0.3 is 0 Å². The first-order chi connectivity index (χ1) is 7.50. The quantitative estimate of drug-likeness (QED) is 0.444. The second-order valence-corrected chi connectivity index (χ2v) is 3.74. The smallest absolute Gasteiger partial charge is 0.269 e. The maximum atomic E-state index is 11.3. The fourth-order valence-electron chi connectivity index (χ4n) is 1.08. The van der Waals surface area contributed by atoms with Gasteiger partial charge in [-0.1, -0.05) is 19.9 Å². The van der Waals surface area contributed by atoms with Crippen molar-refractivity contribution < 1.29 is 9.72 Å². The summed E-state index contributed by atoms with van der Waals surface area (Å²) in [6, 6.07) is 6.06. The molecule has 0 saturated carbocycles. The molecule has 0 N–H and O–H groups in total. The SMILES string of the molecule is CC(C)C(=O)C=Cc1ccc([N+](=O)[O-])cc1. The molecule has 84 valence electrons. The van der Waals surface area contributed by atoms with Gasteiger partial charge in [-0.3, -0.25) is 14.9 Å². The molecule has 0 radical (unpaired) electrons. The molecule has 0 aromatic heterocycles. The van der Waals surface area contributed by atoms with E-state index in [0.717, 1.165) is 5.56 Å². The van der Waals surface area contributed by atoms with Crippen LogP contribution in [0.4, 0.5) is 5.69 Å². The van der Waals surface area contributed by atoms with Gasteiger partial charge in [0.25, 0.3) is 5.69 Å². The number of non-ortho nitro benzene ring substituents is 1. The van der Waals surface area contributed by atoms with Crippen molar-refractivity contribution in [2.75, 3.05) is 0 Å². The highest BCUT2D eigenvalue weighted by Gasteiger charge is 2.04. The standard InChI is InChI=1S/C12H13NO3/c1-9(2)12(14)8-5-10-3-6-11(7-4-10)13(15)16/h3-9H,1-2H3. The van der Waals surface area contributed by atoms with Gasteiger partial charge in [-0.2, -0.15) is 0 Å². The number of nitrogens with zero attached hydrogens (tertiary/aromatic N) is 1. The molecular weight excluding hydrogens is 206 g/mol. The summed E-state index contributed by atoms with van der Waals surface area (Å²) in [4.78, 5) is 21.2. The molecule has 0 fully saturated rings. The lowest BCUT2D eigenvalue weighted by atomic mass is 10.1. The van der Waals surface area contributed by atoms with Gasteiger partial charge in [0.05, 0.1) is 4.92 Å². The van der Waals surface area contributed by atoms with Crippen LogP contribution in [0.25, 0.3) is 6.08 Å². The molecule has 0 spiro atoms. The highest BCUT2D eigenvalue weighted by atomic mass is 16.6. The summed E-state index contributed by atoms with van der Waals surface area (Å²) in [7, 11) is 0. The zero-order chi connectivity index (χ0) is 12.1. The van der Waals surface area contributed by atoms with Gasteiger partial charge in [0.2, 0.25) is 0 Å². The summed E-state index contributed by atoms with van der Waals surface area (Å²) < 4.78 is 0. The number of allylic oxidation sites excluding steroid dienone is 1. The Hall–Kier alpha value is -1.97. The van der Waals surface area contributed by atoms with E-state index in [1.165, 1.54) is 18.2 Å². The van der Waals surface area contributed by atoms with Gasteiger partial charge in [0.1, 0.15) is 0 Å².